The Kier molecular flexibility index (Phi) is 5.77. The van der Waals surface area contributed by atoms with Gasteiger partial charge in [-0.1, -0.05) is 11.6 Å². The van der Waals surface area contributed by atoms with Crippen LogP contribution in [-0.2, 0) is 0 Å². The Balaban J connectivity index is 1.41. The molecule has 0 saturated carbocycles. The van der Waals surface area contributed by atoms with E-state index in [1.165, 1.54) is 0 Å². The minimum absolute atomic E-state index is 0.0758. The van der Waals surface area contributed by atoms with Crippen molar-refractivity contribution in [1.29, 1.82) is 0 Å². The fourth-order valence-electron chi connectivity index (χ4n) is 3.59. The van der Waals surface area contributed by atoms with Crippen LogP contribution in [0, 0.1) is 0 Å². The zero-order valence-electron chi connectivity index (χ0n) is 16.5. The maximum absolute atomic E-state index is 12.9. The van der Waals surface area contributed by atoms with E-state index in [-0.39, 0.29) is 5.91 Å². The second kappa shape index (κ2) is 8.63. The molecule has 7 heteroatoms. The minimum atomic E-state index is -0.0758. The van der Waals surface area contributed by atoms with Crippen LogP contribution in [0.2, 0.25) is 5.02 Å². The summed E-state index contributed by atoms with van der Waals surface area (Å²) >= 11 is 6.07. The van der Waals surface area contributed by atoms with Crippen molar-refractivity contribution < 1.29 is 18.7 Å². The summed E-state index contributed by atoms with van der Waals surface area (Å²) in [5, 5.41) is 0.509. The summed E-state index contributed by atoms with van der Waals surface area (Å²) in [5.41, 5.74) is 2.47. The first-order valence-electron chi connectivity index (χ1n) is 9.62. The van der Waals surface area contributed by atoms with Gasteiger partial charge < -0.3 is 19.0 Å². The number of carbonyl (C=O) groups is 2. The van der Waals surface area contributed by atoms with Crippen molar-refractivity contribution in [2.24, 2.45) is 0 Å². The van der Waals surface area contributed by atoms with Crippen molar-refractivity contribution in [2.45, 2.75) is 0 Å². The van der Waals surface area contributed by atoms with Gasteiger partial charge in [0.15, 0.2) is 12.0 Å². The molecule has 2 aromatic carbocycles. The van der Waals surface area contributed by atoms with Crippen LogP contribution in [0.4, 0.5) is 5.69 Å². The highest BCUT2D eigenvalue weighted by Gasteiger charge is 2.24. The second-order valence-corrected chi connectivity index (χ2v) is 7.43. The number of anilines is 1. The van der Waals surface area contributed by atoms with Crippen molar-refractivity contribution in [3.8, 4) is 17.1 Å². The molecular formula is C23H21ClN2O4. The van der Waals surface area contributed by atoms with E-state index in [4.69, 9.17) is 20.8 Å². The number of nitrogens with zero attached hydrogens (tertiary/aromatic N) is 2. The van der Waals surface area contributed by atoms with E-state index in [2.05, 4.69) is 4.90 Å². The molecule has 30 heavy (non-hydrogen) atoms. The highest BCUT2D eigenvalue weighted by Crippen LogP contribution is 2.27. The molecule has 0 bridgehead atoms. The van der Waals surface area contributed by atoms with E-state index in [0.29, 0.717) is 47.2 Å². The molecule has 6 nitrogen and oxygen atoms in total. The number of halogens is 1. The summed E-state index contributed by atoms with van der Waals surface area (Å²) in [6, 6.07) is 16.5. The summed E-state index contributed by atoms with van der Waals surface area (Å²) < 4.78 is 10.8. The maximum Gasteiger partial charge on any atom is 0.257 e. The highest BCUT2D eigenvalue weighted by molar-refractivity contribution is 6.31. The molecule has 0 aliphatic carbocycles. The molecule has 0 unspecified atom stereocenters. The van der Waals surface area contributed by atoms with Gasteiger partial charge in [0.2, 0.25) is 0 Å². The number of amides is 1. The fourth-order valence-corrected chi connectivity index (χ4v) is 3.77. The van der Waals surface area contributed by atoms with E-state index < -0.39 is 0 Å². The van der Waals surface area contributed by atoms with Gasteiger partial charge in [0.25, 0.3) is 5.91 Å². The molecule has 0 spiro atoms. The van der Waals surface area contributed by atoms with Gasteiger partial charge in [-0.2, -0.15) is 0 Å². The first kappa shape index (κ1) is 20.0. The van der Waals surface area contributed by atoms with Gasteiger partial charge in [-0.25, -0.2) is 0 Å². The summed E-state index contributed by atoms with van der Waals surface area (Å²) in [6.45, 7) is 2.67. The number of ether oxygens (including phenoxy) is 1. The Morgan fingerprint density at radius 1 is 1.03 bits per heavy atom. The van der Waals surface area contributed by atoms with Crippen LogP contribution in [0.1, 0.15) is 20.9 Å². The van der Waals surface area contributed by atoms with Crippen LogP contribution in [0.3, 0.4) is 0 Å². The number of hydrogen-bond acceptors (Lipinski definition) is 5. The number of rotatable bonds is 5. The quantitative estimate of drug-likeness (QED) is 0.568. The monoisotopic (exact) mass is 424 g/mol. The summed E-state index contributed by atoms with van der Waals surface area (Å²) in [6.07, 6.45) is 0.692. The Morgan fingerprint density at radius 2 is 1.77 bits per heavy atom. The minimum Gasteiger partial charge on any atom is -0.496 e. The molecule has 154 valence electrons. The first-order chi connectivity index (χ1) is 14.6. The molecule has 1 aromatic heterocycles. The lowest BCUT2D eigenvalue weighted by molar-refractivity contribution is 0.0743. The number of carbonyl (C=O) groups excluding carboxylic acids is 2. The number of furan rings is 1. The molecule has 1 amide bonds. The molecule has 0 radical (unpaired) electrons. The predicted octanol–water partition coefficient (Wildman–Crippen LogP) is 4.38. The fraction of sp³-hybridized carbons (Fsp3) is 0.217. The van der Waals surface area contributed by atoms with Gasteiger partial charge in [-0.15, -0.1) is 0 Å². The maximum atomic E-state index is 12.9. The Morgan fingerprint density at radius 3 is 2.40 bits per heavy atom. The third kappa shape index (κ3) is 4.04. The zero-order chi connectivity index (χ0) is 21.1. The van der Waals surface area contributed by atoms with E-state index in [0.717, 1.165) is 24.3 Å². The molecule has 1 saturated heterocycles. The highest BCUT2D eigenvalue weighted by atomic mass is 35.5. The number of hydrogen-bond donors (Lipinski definition) is 0. The topological polar surface area (TPSA) is 63.0 Å². The van der Waals surface area contributed by atoms with Crippen LogP contribution in [0.15, 0.2) is 59.0 Å². The Bertz CT molecular complexity index is 1050. The van der Waals surface area contributed by atoms with Crippen LogP contribution < -0.4 is 9.64 Å². The van der Waals surface area contributed by atoms with Crippen molar-refractivity contribution in [3.63, 3.8) is 0 Å². The van der Waals surface area contributed by atoms with Crippen molar-refractivity contribution in [1.82, 2.24) is 4.90 Å². The lowest BCUT2D eigenvalue weighted by Gasteiger charge is -2.36. The molecular weight excluding hydrogens is 404 g/mol. The molecule has 2 heterocycles. The largest absolute Gasteiger partial charge is 0.496 e. The van der Waals surface area contributed by atoms with Gasteiger partial charge in [-0.3, -0.25) is 9.59 Å². The van der Waals surface area contributed by atoms with Gasteiger partial charge in [0.1, 0.15) is 11.5 Å². The average molecular weight is 425 g/mol. The molecule has 1 fully saturated rings. The SMILES string of the molecule is COc1ccc(Cl)cc1C(=O)N1CCN(c2ccc(-c3ccc(C=O)o3)cc2)CC1. The Hall–Kier alpha value is -3.25. The van der Waals surface area contributed by atoms with Crippen LogP contribution in [0.25, 0.3) is 11.3 Å². The molecule has 3 aromatic rings. The lowest BCUT2D eigenvalue weighted by Crippen LogP contribution is -2.48. The second-order valence-electron chi connectivity index (χ2n) is 6.99. The number of benzene rings is 2. The van der Waals surface area contributed by atoms with E-state index in [1.54, 1.807) is 37.4 Å². The number of methoxy groups -OCH3 is 1. The molecule has 0 N–H and O–H groups in total. The molecule has 0 atom stereocenters. The summed E-state index contributed by atoms with van der Waals surface area (Å²) in [5.74, 6) is 1.42. The normalized spacial score (nSPS) is 13.9. The lowest BCUT2D eigenvalue weighted by atomic mass is 10.1. The standard InChI is InChI=1S/C23H21ClN2O4/c1-29-22-8-4-17(24)14-20(22)23(28)26-12-10-25(11-13-26)18-5-2-16(3-6-18)21-9-7-19(15-27)30-21/h2-9,14-15H,10-13H2,1H3. The van der Waals surface area contributed by atoms with Crippen LogP contribution in [-0.4, -0.2) is 50.4 Å². The van der Waals surface area contributed by atoms with E-state index >= 15 is 0 Å². The van der Waals surface area contributed by atoms with E-state index in [9.17, 15) is 9.59 Å². The van der Waals surface area contributed by atoms with Crippen molar-refractivity contribution >= 4 is 29.5 Å². The van der Waals surface area contributed by atoms with Gasteiger partial charge in [0, 0.05) is 42.5 Å². The van der Waals surface area contributed by atoms with Crippen molar-refractivity contribution in [2.75, 3.05) is 38.2 Å². The molecule has 4 rings (SSSR count). The molecule has 1 aliphatic heterocycles. The number of aldehydes is 1. The third-order valence-electron chi connectivity index (χ3n) is 5.22. The van der Waals surface area contributed by atoms with Gasteiger partial charge in [-0.05, 0) is 54.6 Å². The third-order valence-corrected chi connectivity index (χ3v) is 5.45. The zero-order valence-corrected chi connectivity index (χ0v) is 17.3. The van der Waals surface area contributed by atoms with Gasteiger partial charge >= 0.3 is 0 Å². The summed E-state index contributed by atoms with van der Waals surface area (Å²) in [4.78, 5) is 27.8. The molecule has 1 aliphatic rings. The smallest absolute Gasteiger partial charge is 0.257 e. The first-order valence-corrected chi connectivity index (χ1v) is 10.00. The van der Waals surface area contributed by atoms with Crippen LogP contribution in [0.5, 0.6) is 5.75 Å². The number of piperazine rings is 1. The summed E-state index contributed by atoms with van der Waals surface area (Å²) in [7, 11) is 1.55. The van der Waals surface area contributed by atoms with Crippen molar-refractivity contribution in [3.05, 3.63) is 70.9 Å². The average Bonchev–Trinajstić information content (AvgIpc) is 3.28. The van der Waals surface area contributed by atoms with Gasteiger partial charge in [0.05, 0.1) is 12.7 Å². The van der Waals surface area contributed by atoms with Crippen LogP contribution >= 0.6 is 11.6 Å². The van der Waals surface area contributed by atoms with E-state index in [1.807, 2.05) is 29.2 Å². The Labute approximate surface area is 179 Å². The predicted molar refractivity (Wildman–Crippen MR) is 116 cm³/mol.